The molecule has 0 amide bonds. The van der Waals surface area contributed by atoms with Crippen molar-refractivity contribution >= 4 is 69.5 Å². The Bertz CT molecular complexity index is 1920. The second-order valence-corrected chi connectivity index (χ2v) is 19.1. The molecule has 0 aliphatic heterocycles. The minimum absolute atomic E-state index is 0.274. The monoisotopic (exact) mass is 722 g/mol. The molecule has 6 rings (SSSR count). The molecule has 4 nitrogen and oxygen atoms in total. The van der Waals surface area contributed by atoms with Crippen LogP contribution in [0.3, 0.4) is 0 Å². The molecular formula is C42H42B2O4P2Si. The maximum absolute atomic E-state index is 6.07. The fourth-order valence-electron chi connectivity index (χ4n) is 6.46. The molecule has 51 heavy (non-hydrogen) atoms. The summed E-state index contributed by atoms with van der Waals surface area (Å²) < 4.78 is 23.3. The zero-order valence-corrected chi connectivity index (χ0v) is 32.4. The summed E-state index contributed by atoms with van der Waals surface area (Å²) in [5.74, 6) is 3.31. The first-order valence-corrected chi connectivity index (χ1v) is 21.7. The predicted octanol–water partition coefficient (Wildman–Crippen LogP) is 5.87. The highest BCUT2D eigenvalue weighted by atomic mass is 31.1. The van der Waals surface area contributed by atoms with Crippen LogP contribution in [0, 0.1) is 0 Å². The van der Waals surface area contributed by atoms with E-state index >= 15 is 0 Å². The van der Waals surface area contributed by atoms with E-state index in [-0.39, 0.29) is 6.20 Å². The Morgan fingerprint density at radius 3 is 1.33 bits per heavy atom. The number of ether oxygens (including phenoxy) is 4. The molecular weight excluding hydrogens is 680 g/mol. The Hall–Kier alpha value is -4.27. The molecule has 0 heterocycles. The third-order valence-corrected chi connectivity index (χ3v) is 17.5. The molecule has 2 unspecified atom stereocenters. The van der Waals surface area contributed by atoms with Gasteiger partial charge in [0.2, 0.25) is 0 Å². The Morgan fingerprint density at radius 1 is 0.490 bits per heavy atom. The SMILES string of the molecule is COc1ccc(P(C[B]B(CP(c2ccccc2)c2ccc(OC)cc2OC)[Si](c2ccccc2)c2ccccc2)c2ccccc2)c(OC)c1. The summed E-state index contributed by atoms with van der Waals surface area (Å²) in [4.78, 5) is 0. The highest BCUT2D eigenvalue weighted by Gasteiger charge is 2.35. The molecule has 2 radical (unpaired) electrons. The Morgan fingerprint density at radius 2 is 0.902 bits per heavy atom. The highest BCUT2D eigenvalue weighted by molar-refractivity contribution is 7.80. The summed E-state index contributed by atoms with van der Waals surface area (Å²) in [6.45, 7) is 0. The third kappa shape index (κ3) is 8.97. The first kappa shape index (κ1) is 36.5. The van der Waals surface area contributed by atoms with E-state index in [1.165, 1.54) is 31.6 Å². The summed E-state index contributed by atoms with van der Waals surface area (Å²) in [5.41, 5.74) is 0. The average molecular weight is 722 g/mol. The van der Waals surface area contributed by atoms with Crippen molar-refractivity contribution in [2.24, 2.45) is 0 Å². The number of benzene rings is 6. The molecule has 6 aromatic rings. The summed E-state index contributed by atoms with van der Waals surface area (Å²) in [5, 5.41) is 7.91. The van der Waals surface area contributed by atoms with Gasteiger partial charge in [0.25, 0.3) is 0 Å². The van der Waals surface area contributed by atoms with Gasteiger partial charge in [-0.05, 0) is 50.7 Å². The topological polar surface area (TPSA) is 36.9 Å². The van der Waals surface area contributed by atoms with Gasteiger partial charge in [-0.15, -0.1) is 0 Å². The summed E-state index contributed by atoms with van der Waals surface area (Å²) in [6.07, 6.45) is 0.274. The molecule has 6 aromatic carbocycles. The molecule has 254 valence electrons. The largest absolute Gasteiger partial charge is 0.497 e. The van der Waals surface area contributed by atoms with Crippen molar-refractivity contribution in [3.8, 4) is 23.0 Å². The Balaban J connectivity index is 1.49. The minimum atomic E-state index is -1.31. The van der Waals surface area contributed by atoms with E-state index in [1.807, 2.05) is 12.1 Å². The van der Waals surface area contributed by atoms with Gasteiger partial charge in [-0.2, -0.15) is 0 Å². The van der Waals surface area contributed by atoms with Gasteiger partial charge in [0.1, 0.15) is 29.2 Å². The van der Waals surface area contributed by atoms with Crippen LogP contribution >= 0.6 is 15.8 Å². The molecule has 0 saturated carbocycles. The van der Waals surface area contributed by atoms with Crippen molar-refractivity contribution < 1.29 is 18.9 Å². The second kappa shape index (κ2) is 18.3. The van der Waals surface area contributed by atoms with E-state index in [9.17, 15) is 0 Å². The summed E-state index contributed by atoms with van der Waals surface area (Å²) >= 11 is 0. The van der Waals surface area contributed by atoms with Gasteiger partial charge >= 0.3 is 0 Å². The number of methoxy groups -OCH3 is 4. The van der Waals surface area contributed by atoms with Crippen LogP contribution in [0.2, 0.25) is 0 Å². The predicted molar refractivity (Wildman–Crippen MR) is 223 cm³/mol. The van der Waals surface area contributed by atoms with Gasteiger partial charge < -0.3 is 18.9 Å². The van der Waals surface area contributed by atoms with Gasteiger partial charge in [-0.1, -0.05) is 144 Å². The fraction of sp³-hybridized carbons (Fsp3) is 0.143. The van der Waals surface area contributed by atoms with Gasteiger partial charge in [0.15, 0.2) is 0 Å². The van der Waals surface area contributed by atoms with Crippen molar-refractivity contribution in [1.29, 1.82) is 0 Å². The van der Waals surface area contributed by atoms with Crippen LogP contribution in [-0.2, 0) is 0 Å². The van der Waals surface area contributed by atoms with Crippen LogP contribution < -0.4 is 50.5 Å². The van der Waals surface area contributed by atoms with E-state index in [4.69, 9.17) is 18.9 Å². The van der Waals surface area contributed by atoms with Crippen molar-refractivity contribution in [1.82, 2.24) is 0 Å². The lowest BCUT2D eigenvalue weighted by Crippen LogP contribution is -2.60. The molecule has 2 atom stereocenters. The van der Waals surface area contributed by atoms with Crippen LogP contribution in [0.5, 0.6) is 23.0 Å². The maximum Gasteiger partial charge on any atom is 0.130 e. The van der Waals surface area contributed by atoms with Gasteiger partial charge in [0, 0.05) is 22.7 Å². The molecule has 0 bridgehead atoms. The van der Waals surface area contributed by atoms with Crippen molar-refractivity contribution in [3.05, 3.63) is 158 Å². The third-order valence-electron chi connectivity index (χ3n) is 8.98. The summed E-state index contributed by atoms with van der Waals surface area (Å²) in [6, 6.07) is 58.6. The van der Waals surface area contributed by atoms with E-state index in [2.05, 4.69) is 153 Å². The molecule has 0 aliphatic rings. The van der Waals surface area contributed by atoms with Crippen LogP contribution in [0.25, 0.3) is 0 Å². The first-order valence-electron chi connectivity index (χ1n) is 17.0. The molecule has 0 N–H and O–H groups in total. The first-order chi connectivity index (χ1) is 25.1. The number of rotatable bonds is 16. The average Bonchev–Trinajstić information content (AvgIpc) is 3.21. The second-order valence-electron chi connectivity index (χ2n) is 12.0. The normalized spacial score (nSPS) is 12.1. The summed E-state index contributed by atoms with van der Waals surface area (Å²) in [7, 11) is 6.66. The fourth-order valence-corrected chi connectivity index (χ4v) is 15.4. The Labute approximate surface area is 308 Å². The van der Waals surface area contributed by atoms with Crippen molar-refractivity contribution in [3.63, 3.8) is 0 Å². The molecule has 0 fully saturated rings. The maximum atomic E-state index is 6.07. The molecule has 9 heteroatoms. The quantitative estimate of drug-likeness (QED) is 0.0927. The van der Waals surface area contributed by atoms with Crippen LogP contribution in [0.1, 0.15) is 0 Å². The van der Waals surface area contributed by atoms with Gasteiger partial charge in [-0.3, -0.25) is 0 Å². The van der Waals surface area contributed by atoms with Gasteiger partial charge in [0.05, 0.1) is 44.3 Å². The van der Waals surface area contributed by atoms with Crippen molar-refractivity contribution in [2.75, 3.05) is 40.6 Å². The molecule has 0 aromatic heterocycles. The van der Waals surface area contributed by atoms with Crippen LogP contribution in [0.4, 0.5) is 0 Å². The van der Waals surface area contributed by atoms with E-state index < -0.39 is 24.5 Å². The zero-order chi connectivity index (χ0) is 35.4. The number of hydrogen-bond donors (Lipinski definition) is 0. The van der Waals surface area contributed by atoms with Crippen molar-refractivity contribution in [2.45, 2.75) is 0 Å². The van der Waals surface area contributed by atoms with Gasteiger partial charge in [-0.25, -0.2) is 0 Å². The molecule has 0 spiro atoms. The van der Waals surface area contributed by atoms with E-state index in [0.29, 0.717) is 0 Å². The lowest BCUT2D eigenvalue weighted by molar-refractivity contribution is 0.396. The smallest absolute Gasteiger partial charge is 0.130 e. The standard InChI is InChI=1S/C42H42B2O4P2Si/c1-45-33-25-27-41(39(29-33)47-3)49(35-17-9-5-10-18-35)31-43-44(51(37-21-13-7-14-22-37)38-23-15-8-16-24-38)32-50(36-19-11-6-12-20-36)42-28-26-34(46-2)30-40(42)48-4/h5-30H,31-32H2,1-4H3. The highest BCUT2D eigenvalue weighted by Crippen LogP contribution is 2.41. The lowest BCUT2D eigenvalue weighted by atomic mass is 9.39. The van der Waals surface area contributed by atoms with E-state index in [0.717, 1.165) is 35.1 Å². The Kier molecular flexibility index (Phi) is 13.1. The van der Waals surface area contributed by atoms with E-state index in [1.54, 1.807) is 28.4 Å². The van der Waals surface area contributed by atoms with Crippen LogP contribution in [0.15, 0.2) is 158 Å². The molecule has 0 aliphatic carbocycles. The van der Waals surface area contributed by atoms with Crippen LogP contribution in [-0.4, -0.2) is 62.6 Å². The number of hydrogen-bond acceptors (Lipinski definition) is 4. The molecule has 0 saturated heterocycles. The lowest BCUT2D eigenvalue weighted by Gasteiger charge is -2.31. The minimum Gasteiger partial charge on any atom is -0.497 e. The zero-order valence-electron chi connectivity index (χ0n) is 29.6.